The van der Waals surface area contributed by atoms with Crippen LogP contribution in [0.3, 0.4) is 0 Å². The molecule has 7 heteroatoms. The Morgan fingerprint density at radius 2 is 1.50 bits per heavy atom. The molecular formula is C27H39N3O4. The Labute approximate surface area is 203 Å². The molecule has 34 heavy (non-hydrogen) atoms. The average Bonchev–Trinajstić information content (AvgIpc) is 2.81. The second-order valence-electron chi connectivity index (χ2n) is 9.14. The van der Waals surface area contributed by atoms with Crippen LogP contribution < -0.4 is 20.1 Å². The first-order valence-electron chi connectivity index (χ1n) is 11.7. The third-order valence-corrected chi connectivity index (χ3v) is 5.89. The van der Waals surface area contributed by atoms with Crippen molar-refractivity contribution in [2.45, 2.75) is 58.9 Å². The Kier molecular flexibility index (Phi) is 9.78. The average molecular weight is 470 g/mol. The van der Waals surface area contributed by atoms with E-state index >= 15 is 0 Å². The lowest BCUT2D eigenvalue weighted by molar-refractivity contribution is -0.131. The van der Waals surface area contributed by atoms with E-state index in [0.29, 0.717) is 24.5 Å². The number of benzene rings is 2. The van der Waals surface area contributed by atoms with Gasteiger partial charge in [-0.15, -0.1) is 0 Å². The van der Waals surface area contributed by atoms with E-state index in [0.717, 1.165) is 22.4 Å². The van der Waals surface area contributed by atoms with Crippen LogP contribution in [0.15, 0.2) is 36.4 Å². The van der Waals surface area contributed by atoms with Crippen LogP contribution in [0, 0.1) is 0 Å². The Bertz CT molecular complexity index is 962. The number of anilines is 1. The predicted octanol–water partition coefficient (Wildman–Crippen LogP) is 5.16. The summed E-state index contributed by atoms with van der Waals surface area (Å²) < 4.78 is 10.6. The van der Waals surface area contributed by atoms with Gasteiger partial charge in [0.1, 0.15) is 6.04 Å². The molecule has 0 radical (unpaired) electrons. The molecule has 0 aliphatic rings. The Morgan fingerprint density at radius 1 is 0.912 bits per heavy atom. The van der Waals surface area contributed by atoms with Crippen molar-refractivity contribution < 1.29 is 19.1 Å². The minimum Gasteiger partial charge on any atom is -0.493 e. The second kappa shape index (κ2) is 12.3. The smallest absolute Gasteiger partial charge is 0.319 e. The number of nitrogens with zero attached hydrogens (tertiary/aromatic N) is 1. The molecule has 0 spiro atoms. The van der Waals surface area contributed by atoms with Crippen molar-refractivity contribution in [3.05, 3.63) is 53.1 Å². The van der Waals surface area contributed by atoms with Crippen molar-refractivity contribution in [2.24, 2.45) is 0 Å². The van der Waals surface area contributed by atoms with Crippen LogP contribution in [0.25, 0.3) is 0 Å². The normalized spacial score (nSPS) is 11.8. The van der Waals surface area contributed by atoms with Crippen LogP contribution in [0.5, 0.6) is 11.5 Å². The molecule has 0 heterocycles. The summed E-state index contributed by atoms with van der Waals surface area (Å²) in [6.45, 7) is 10.6. The summed E-state index contributed by atoms with van der Waals surface area (Å²) in [5.74, 6) is 1.69. The highest BCUT2D eigenvalue weighted by Crippen LogP contribution is 2.32. The number of rotatable bonds is 10. The van der Waals surface area contributed by atoms with E-state index in [4.69, 9.17) is 9.47 Å². The van der Waals surface area contributed by atoms with E-state index in [-0.39, 0.29) is 23.8 Å². The van der Waals surface area contributed by atoms with E-state index in [2.05, 4.69) is 38.3 Å². The molecule has 0 aliphatic carbocycles. The lowest BCUT2D eigenvalue weighted by Gasteiger charge is -2.24. The molecule has 7 nitrogen and oxygen atoms in total. The first kappa shape index (κ1) is 27.0. The Hall–Kier alpha value is -3.22. The molecule has 1 atom stereocenters. The number of carbonyl (C=O) groups is 2. The third-order valence-electron chi connectivity index (χ3n) is 5.89. The van der Waals surface area contributed by atoms with Crippen LogP contribution >= 0.6 is 0 Å². The standard InChI is InChI=1S/C27H39N3O4/c1-17(2)21-10-9-11-22(18(3)4)25(21)29-27(32)28-19(5)26(31)30(6)15-14-20-12-13-23(33-7)24(16-20)34-8/h9-13,16-19H,14-15H2,1-8H3,(H2,28,29,32). The molecule has 0 aliphatic heterocycles. The van der Waals surface area contributed by atoms with Crippen molar-refractivity contribution in [3.8, 4) is 11.5 Å². The fourth-order valence-corrected chi connectivity index (χ4v) is 3.88. The highest BCUT2D eigenvalue weighted by molar-refractivity contribution is 5.95. The molecule has 1 unspecified atom stereocenters. The van der Waals surface area contributed by atoms with Gasteiger partial charge >= 0.3 is 6.03 Å². The Morgan fingerprint density at radius 3 is 2.03 bits per heavy atom. The van der Waals surface area contributed by atoms with Gasteiger partial charge in [0.25, 0.3) is 0 Å². The minimum absolute atomic E-state index is 0.156. The topological polar surface area (TPSA) is 79.9 Å². The summed E-state index contributed by atoms with van der Waals surface area (Å²) in [5.41, 5.74) is 4.01. The molecule has 0 fully saturated rings. The lowest BCUT2D eigenvalue weighted by atomic mass is 9.93. The number of likely N-dealkylation sites (N-methyl/N-ethyl adjacent to an activating group) is 1. The van der Waals surface area contributed by atoms with Gasteiger partial charge in [-0.05, 0) is 54.0 Å². The van der Waals surface area contributed by atoms with Gasteiger partial charge in [-0.25, -0.2) is 4.79 Å². The van der Waals surface area contributed by atoms with Gasteiger partial charge in [0.15, 0.2) is 11.5 Å². The van der Waals surface area contributed by atoms with Gasteiger partial charge < -0.3 is 25.0 Å². The SMILES string of the molecule is COc1ccc(CCN(C)C(=O)C(C)NC(=O)Nc2c(C(C)C)cccc2C(C)C)cc1OC. The van der Waals surface area contributed by atoms with Gasteiger partial charge in [-0.3, -0.25) is 4.79 Å². The van der Waals surface area contributed by atoms with Crippen LogP contribution in [0.1, 0.15) is 63.1 Å². The monoisotopic (exact) mass is 469 g/mol. The van der Waals surface area contributed by atoms with Crippen molar-refractivity contribution >= 4 is 17.6 Å². The summed E-state index contributed by atoms with van der Waals surface area (Å²) in [4.78, 5) is 27.3. The quantitative estimate of drug-likeness (QED) is 0.504. The van der Waals surface area contributed by atoms with E-state index in [1.165, 1.54) is 0 Å². The van der Waals surface area contributed by atoms with E-state index < -0.39 is 6.04 Å². The number of amides is 3. The van der Waals surface area contributed by atoms with Crippen molar-refractivity contribution in [2.75, 3.05) is 33.1 Å². The number of hydrogen-bond acceptors (Lipinski definition) is 4. The molecule has 0 saturated heterocycles. The molecule has 186 valence electrons. The van der Waals surface area contributed by atoms with E-state index in [9.17, 15) is 9.59 Å². The van der Waals surface area contributed by atoms with Crippen LogP contribution in [0.2, 0.25) is 0 Å². The van der Waals surface area contributed by atoms with Crippen LogP contribution in [-0.2, 0) is 11.2 Å². The molecular weight excluding hydrogens is 430 g/mol. The predicted molar refractivity (Wildman–Crippen MR) is 137 cm³/mol. The maximum atomic E-state index is 12.9. The van der Waals surface area contributed by atoms with Gasteiger partial charge in [0.2, 0.25) is 5.91 Å². The third kappa shape index (κ3) is 6.89. The molecule has 2 rings (SSSR count). The largest absolute Gasteiger partial charge is 0.493 e. The summed E-state index contributed by atoms with van der Waals surface area (Å²) in [5, 5.41) is 5.80. The maximum Gasteiger partial charge on any atom is 0.319 e. The van der Waals surface area contributed by atoms with Gasteiger partial charge in [0.05, 0.1) is 14.2 Å². The molecule has 3 amide bonds. The zero-order valence-electron chi connectivity index (χ0n) is 21.7. The molecule has 2 aromatic rings. The van der Waals surface area contributed by atoms with Gasteiger partial charge in [-0.1, -0.05) is 52.0 Å². The number of nitrogens with one attached hydrogen (secondary N) is 2. The second-order valence-corrected chi connectivity index (χ2v) is 9.14. The molecule has 2 aromatic carbocycles. The number of urea groups is 1. The number of para-hydroxylation sites is 1. The highest BCUT2D eigenvalue weighted by Gasteiger charge is 2.21. The molecule has 0 saturated carbocycles. The summed E-state index contributed by atoms with van der Waals surface area (Å²) in [6.07, 6.45) is 0.654. The van der Waals surface area contributed by atoms with Crippen molar-refractivity contribution in [1.82, 2.24) is 10.2 Å². The number of methoxy groups -OCH3 is 2. The zero-order valence-corrected chi connectivity index (χ0v) is 21.7. The van der Waals surface area contributed by atoms with Crippen LogP contribution in [-0.4, -0.2) is 50.7 Å². The minimum atomic E-state index is -0.663. The van der Waals surface area contributed by atoms with Crippen LogP contribution in [0.4, 0.5) is 10.5 Å². The van der Waals surface area contributed by atoms with Gasteiger partial charge in [-0.2, -0.15) is 0 Å². The maximum absolute atomic E-state index is 12.9. The number of ether oxygens (including phenoxy) is 2. The van der Waals surface area contributed by atoms with Crippen molar-refractivity contribution in [3.63, 3.8) is 0 Å². The number of carbonyl (C=O) groups excluding carboxylic acids is 2. The summed E-state index contributed by atoms with van der Waals surface area (Å²) in [6, 6.07) is 10.7. The fourth-order valence-electron chi connectivity index (χ4n) is 3.88. The fraction of sp³-hybridized carbons (Fsp3) is 0.481. The summed E-state index contributed by atoms with van der Waals surface area (Å²) in [7, 11) is 4.93. The van der Waals surface area contributed by atoms with E-state index in [1.807, 2.05) is 36.4 Å². The lowest BCUT2D eigenvalue weighted by Crippen LogP contribution is -2.47. The number of hydrogen-bond donors (Lipinski definition) is 2. The Balaban J connectivity index is 2.00. The zero-order chi connectivity index (χ0) is 25.4. The molecule has 2 N–H and O–H groups in total. The first-order valence-corrected chi connectivity index (χ1v) is 11.7. The first-order chi connectivity index (χ1) is 16.1. The molecule has 0 aromatic heterocycles. The van der Waals surface area contributed by atoms with E-state index in [1.54, 1.807) is 33.1 Å². The summed E-state index contributed by atoms with van der Waals surface area (Å²) >= 11 is 0. The van der Waals surface area contributed by atoms with Crippen molar-refractivity contribution in [1.29, 1.82) is 0 Å². The molecule has 0 bridgehead atoms. The highest BCUT2D eigenvalue weighted by atomic mass is 16.5. The van der Waals surface area contributed by atoms with Gasteiger partial charge in [0, 0.05) is 19.3 Å².